The van der Waals surface area contributed by atoms with Gasteiger partial charge in [-0.2, -0.15) is 0 Å². The second-order valence-electron chi connectivity index (χ2n) is 3.40. The van der Waals surface area contributed by atoms with Crippen molar-refractivity contribution in [2.24, 2.45) is 0 Å². The first kappa shape index (κ1) is 11.2. The Labute approximate surface area is 86.3 Å². The van der Waals surface area contributed by atoms with Gasteiger partial charge in [-0.25, -0.2) is 0 Å². The third-order valence-electron chi connectivity index (χ3n) is 2.32. The highest BCUT2D eigenvalue weighted by Crippen LogP contribution is 2.14. The van der Waals surface area contributed by atoms with Crippen LogP contribution in [0.15, 0.2) is 24.3 Å². The van der Waals surface area contributed by atoms with Crippen molar-refractivity contribution in [3.05, 3.63) is 35.4 Å². The third-order valence-corrected chi connectivity index (χ3v) is 2.32. The van der Waals surface area contributed by atoms with Crippen LogP contribution in [-0.2, 0) is 11.2 Å². The van der Waals surface area contributed by atoms with Crippen LogP contribution in [0.25, 0.3) is 0 Å². The van der Waals surface area contributed by atoms with Crippen LogP contribution in [0.3, 0.4) is 0 Å². The predicted molar refractivity (Wildman–Crippen MR) is 59.2 cm³/mol. The Bertz CT molecular complexity index is 252. The molecule has 1 unspecified atom stereocenters. The lowest BCUT2D eigenvalue weighted by Gasteiger charge is -2.14. The van der Waals surface area contributed by atoms with Crippen molar-refractivity contribution >= 4 is 0 Å². The first-order valence-corrected chi connectivity index (χ1v) is 5.10. The van der Waals surface area contributed by atoms with Gasteiger partial charge in [0.05, 0.1) is 0 Å². The first-order valence-electron chi connectivity index (χ1n) is 5.10. The lowest BCUT2D eigenvalue weighted by Crippen LogP contribution is -2.17. The molecule has 0 heterocycles. The Balaban J connectivity index is 2.71. The lowest BCUT2D eigenvalue weighted by molar-refractivity contribution is 0.0809. The summed E-state index contributed by atoms with van der Waals surface area (Å²) < 4.78 is 5.27. The Hall–Kier alpha value is -0.860. The molecule has 2 heteroatoms. The van der Waals surface area contributed by atoms with Gasteiger partial charge in [0.15, 0.2) is 0 Å². The third kappa shape index (κ3) is 2.82. The van der Waals surface area contributed by atoms with Crippen LogP contribution < -0.4 is 5.32 Å². The number of hydrogen-bond acceptors (Lipinski definition) is 2. The van der Waals surface area contributed by atoms with Crippen LogP contribution in [0.2, 0.25) is 0 Å². The molecule has 0 bridgehead atoms. The monoisotopic (exact) mass is 193 g/mol. The maximum absolute atomic E-state index is 5.27. The molecule has 1 atom stereocenters. The van der Waals surface area contributed by atoms with Gasteiger partial charge >= 0.3 is 0 Å². The van der Waals surface area contributed by atoms with Gasteiger partial charge in [0.1, 0.15) is 6.23 Å². The van der Waals surface area contributed by atoms with Crippen molar-refractivity contribution in [2.45, 2.75) is 26.0 Å². The zero-order chi connectivity index (χ0) is 10.4. The minimum Gasteiger partial charge on any atom is -0.362 e. The summed E-state index contributed by atoms with van der Waals surface area (Å²) in [5.41, 5.74) is 2.57. The van der Waals surface area contributed by atoms with Gasteiger partial charge in [-0.05, 0) is 24.6 Å². The second kappa shape index (κ2) is 5.78. The molecule has 0 radical (unpaired) electrons. The van der Waals surface area contributed by atoms with Crippen LogP contribution in [0.1, 0.15) is 30.7 Å². The summed E-state index contributed by atoms with van der Waals surface area (Å²) >= 11 is 0. The molecule has 0 aliphatic rings. The highest BCUT2D eigenvalue weighted by molar-refractivity contribution is 5.24. The zero-order valence-corrected chi connectivity index (χ0v) is 9.21. The minimum absolute atomic E-state index is 0.00526. The number of methoxy groups -OCH3 is 1. The molecule has 0 aromatic heterocycles. The molecule has 78 valence electrons. The summed E-state index contributed by atoms with van der Waals surface area (Å²) in [6.07, 6.45) is 2.35. The fraction of sp³-hybridized carbons (Fsp3) is 0.500. The molecule has 1 aromatic rings. The van der Waals surface area contributed by atoms with Crippen LogP contribution in [0.5, 0.6) is 0 Å². The quantitative estimate of drug-likeness (QED) is 0.725. The Kier molecular flexibility index (Phi) is 4.63. The zero-order valence-electron chi connectivity index (χ0n) is 9.21. The normalized spacial score (nSPS) is 12.8. The SMILES string of the molecule is CCCc1ccc(C(NC)OC)cc1. The van der Waals surface area contributed by atoms with Crippen LogP contribution in [-0.4, -0.2) is 14.2 Å². The molecule has 1 N–H and O–H groups in total. The molecule has 0 saturated carbocycles. The van der Waals surface area contributed by atoms with Gasteiger partial charge in [0.25, 0.3) is 0 Å². The average Bonchev–Trinajstić information content (AvgIpc) is 2.23. The van der Waals surface area contributed by atoms with Gasteiger partial charge in [-0.3, -0.25) is 5.32 Å². The molecule has 1 rings (SSSR count). The second-order valence-corrected chi connectivity index (χ2v) is 3.40. The van der Waals surface area contributed by atoms with E-state index in [9.17, 15) is 0 Å². The van der Waals surface area contributed by atoms with Crippen molar-refractivity contribution in [3.8, 4) is 0 Å². The van der Waals surface area contributed by atoms with E-state index in [0.717, 1.165) is 6.42 Å². The summed E-state index contributed by atoms with van der Waals surface area (Å²) in [5.74, 6) is 0. The Morgan fingerprint density at radius 2 is 1.93 bits per heavy atom. The number of ether oxygens (including phenoxy) is 1. The summed E-state index contributed by atoms with van der Waals surface area (Å²) in [4.78, 5) is 0. The molecule has 14 heavy (non-hydrogen) atoms. The lowest BCUT2D eigenvalue weighted by atomic mass is 10.1. The van der Waals surface area contributed by atoms with Crippen LogP contribution >= 0.6 is 0 Å². The standard InChI is InChI=1S/C12H19NO/c1-4-5-10-6-8-11(9-7-10)12(13-2)14-3/h6-9,12-13H,4-5H2,1-3H3. The largest absolute Gasteiger partial charge is 0.362 e. The topological polar surface area (TPSA) is 21.3 Å². The number of hydrogen-bond donors (Lipinski definition) is 1. The molecule has 0 aliphatic heterocycles. The molecule has 2 nitrogen and oxygen atoms in total. The summed E-state index contributed by atoms with van der Waals surface area (Å²) in [5, 5.41) is 3.10. The van der Waals surface area contributed by atoms with Crippen molar-refractivity contribution < 1.29 is 4.74 Å². The smallest absolute Gasteiger partial charge is 0.133 e. The molecule has 0 spiro atoms. The van der Waals surface area contributed by atoms with Gasteiger partial charge in [-0.1, -0.05) is 37.6 Å². The number of benzene rings is 1. The molecule has 0 saturated heterocycles. The molecular weight excluding hydrogens is 174 g/mol. The van der Waals surface area contributed by atoms with E-state index in [1.165, 1.54) is 17.5 Å². The first-order chi connectivity index (χ1) is 6.81. The average molecular weight is 193 g/mol. The van der Waals surface area contributed by atoms with Gasteiger partial charge in [0.2, 0.25) is 0 Å². The van der Waals surface area contributed by atoms with E-state index in [0.29, 0.717) is 0 Å². The highest BCUT2D eigenvalue weighted by Gasteiger charge is 2.05. The summed E-state index contributed by atoms with van der Waals surface area (Å²) in [6.45, 7) is 2.19. The van der Waals surface area contributed by atoms with E-state index in [1.807, 2.05) is 7.05 Å². The number of rotatable bonds is 5. The van der Waals surface area contributed by atoms with Crippen LogP contribution in [0.4, 0.5) is 0 Å². The predicted octanol–water partition coefficient (Wildman–Crippen LogP) is 2.50. The fourth-order valence-corrected chi connectivity index (χ4v) is 1.57. The molecule has 1 aromatic carbocycles. The molecular formula is C12H19NO. The van der Waals surface area contributed by atoms with E-state index in [-0.39, 0.29) is 6.23 Å². The number of aryl methyl sites for hydroxylation is 1. The van der Waals surface area contributed by atoms with Crippen molar-refractivity contribution in [1.82, 2.24) is 5.32 Å². The van der Waals surface area contributed by atoms with Gasteiger partial charge in [0, 0.05) is 7.11 Å². The summed E-state index contributed by atoms with van der Waals surface area (Å²) in [7, 11) is 3.61. The van der Waals surface area contributed by atoms with E-state index in [4.69, 9.17) is 4.74 Å². The minimum atomic E-state index is 0.00526. The van der Waals surface area contributed by atoms with Crippen molar-refractivity contribution in [2.75, 3.05) is 14.2 Å². The van der Waals surface area contributed by atoms with E-state index in [1.54, 1.807) is 7.11 Å². The highest BCUT2D eigenvalue weighted by atomic mass is 16.5. The Morgan fingerprint density at radius 3 is 2.36 bits per heavy atom. The van der Waals surface area contributed by atoms with Crippen LogP contribution in [0, 0.1) is 0 Å². The van der Waals surface area contributed by atoms with E-state index >= 15 is 0 Å². The maximum Gasteiger partial charge on any atom is 0.133 e. The molecule has 0 aliphatic carbocycles. The number of nitrogens with one attached hydrogen (secondary N) is 1. The summed E-state index contributed by atoms with van der Waals surface area (Å²) in [6, 6.07) is 8.58. The van der Waals surface area contributed by atoms with E-state index < -0.39 is 0 Å². The van der Waals surface area contributed by atoms with Gasteiger partial charge < -0.3 is 4.74 Å². The fourth-order valence-electron chi connectivity index (χ4n) is 1.57. The van der Waals surface area contributed by atoms with Crippen molar-refractivity contribution in [1.29, 1.82) is 0 Å². The molecule has 0 fully saturated rings. The Morgan fingerprint density at radius 1 is 1.29 bits per heavy atom. The van der Waals surface area contributed by atoms with Gasteiger partial charge in [-0.15, -0.1) is 0 Å². The maximum atomic E-state index is 5.27. The van der Waals surface area contributed by atoms with E-state index in [2.05, 4.69) is 36.5 Å². The van der Waals surface area contributed by atoms with Crippen molar-refractivity contribution in [3.63, 3.8) is 0 Å². The molecule has 0 amide bonds.